The van der Waals surface area contributed by atoms with Crippen LogP contribution in [0.1, 0.15) is 35.5 Å². The molecule has 2 rings (SSSR count). The molecular formula is C15H18O2. The minimum Gasteiger partial charge on any atom is -0.461 e. The van der Waals surface area contributed by atoms with Gasteiger partial charge >= 0.3 is 0 Å². The lowest BCUT2D eigenvalue weighted by Gasteiger charge is -2.37. The summed E-state index contributed by atoms with van der Waals surface area (Å²) in [5.41, 5.74) is 2.50. The molecule has 1 aromatic heterocycles. The number of allylic oxidation sites excluding steroid dienone is 2. The lowest BCUT2D eigenvalue weighted by Crippen LogP contribution is -2.40. The van der Waals surface area contributed by atoms with Crippen molar-refractivity contribution in [1.29, 1.82) is 0 Å². The fourth-order valence-corrected chi connectivity index (χ4v) is 2.65. The van der Waals surface area contributed by atoms with E-state index in [0.29, 0.717) is 5.76 Å². The number of hydrogen-bond donors (Lipinski definition) is 0. The van der Waals surface area contributed by atoms with E-state index in [2.05, 4.69) is 13.2 Å². The van der Waals surface area contributed by atoms with Crippen LogP contribution in [0, 0.1) is 18.3 Å². The maximum Gasteiger partial charge on any atom is 0.208 e. The van der Waals surface area contributed by atoms with Gasteiger partial charge in [-0.15, -0.1) is 6.58 Å². The van der Waals surface area contributed by atoms with Crippen molar-refractivity contribution in [3.05, 3.63) is 48.0 Å². The summed E-state index contributed by atoms with van der Waals surface area (Å²) in [6.07, 6.45) is 4.20. The van der Waals surface area contributed by atoms with E-state index in [-0.39, 0.29) is 11.7 Å². The van der Waals surface area contributed by atoms with Crippen LogP contribution in [0.2, 0.25) is 0 Å². The highest BCUT2D eigenvalue weighted by atomic mass is 16.3. The van der Waals surface area contributed by atoms with Crippen LogP contribution in [0.25, 0.3) is 0 Å². The Bertz CT molecular complexity index is 507. The third-order valence-electron chi connectivity index (χ3n) is 3.95. The van der Waals surface area contributed by atoms with Crippen molar-refractivity contribution in [2.45, 2.75) is 27.2 Å². The average molecular weight is 230 g/mol. The summed E-state index contributed by atoms with van der Waals surface area (Å²) in [5.74, 6) is 0.633. The summed E-state index contributed by atoms with van der Waals surface area (Å²) >= 11 is 0. The number of hydrogen-bond acceptors (Lipinski definition) is 2. The molecular weight excluding hydrogens is 212 g/mol. The molecule has 0 radical (unpaired) electrons. The van der Waals surface area contributed by atoms with E-state index in [4.69, 9.17) is 4.42 Å². The van der Waals surface area contributed by atoms with Crippen molar-refractivity contribution in [2.24, 2.45) is 11.3 Å². The zero-order chi connectivity index (χ0) is 12.8. The van der Waals surface area contributed by atoms with Crippen LogP contribution in [-0.4, -0.2) is 5.78 Å². The zero-order valence-corrected chi connectivity index (χ0v) is 10.7. The van der Waals surface area contributed by atoms with Crippen LogP contribution in [0.15, 0.2) is 35.5 Å². The van der Waals surface area contributed by atoms with E-state index in [9.17, 15) is 4.79 Å². The third-order valence-corrected chi connectivity index (χ3v) is 3.95. The Morgan fingerprint density at radius 2 is 2.29 bits per heavy atom. The molecule has 0 fully saturated rings. The number of Topliss-reactive ketones (excluding diaryl/α,β-unsaturated/α-hetero) is 1. The summed E-state index contributed by atoms with van der Waals surface area (Å²) in [5, 5.41) is 0. The Morgan fingerprint density at radius 3 is 2.82 bits per heavy atom. The predicted octanol–water partition coefficient (Wildman–Crippen LogP) is 3.71. The van der Waals surface area contributed by atoms with E-state index in [0.717, 1.165) is 23.1 Å². The standard InChI is InChI=1S/C15H18O2/c1-6-15(5)12(9(2)3)7-11-10(4)8-17-13(11)14(15)16/h6,8,12H,1-2,7H2,3-5H3/t12-,15-/m0/s1. The highest BCUT2D eigenvalue weighted by Crippen LogP contribution is 2.45. The molecule has 0 saturated heterocycles. The highest BCUT2D eigenvalue weighted by molar-refractivity contribution is 6.02. The number of carbonyl (C=O) groups is 1. The summed E-state index contributed by atoms with van der Waals surface area (Å²) in [7, 11) is 0. The van der Waals surface area contributed by atoms with Crippen molar-refractivity contribution in [3.63, 3.8) is 0 Å². The largest absolute Gasteiger partial charge is 0.461 e. The summed E-state index contributed by atoms with van der Waals surface area (Å²) < 4.78 is 5.40. The van der Waals surface area contributed by atoms with Gasteiger partial charge in [0, 0.05) is 5.56 Å². The van der Waals surface area contributed by atoms with Gasteiger partial charge in [-0.05, 0) is 38.7 Å². The summed E-state index contributed by atoms with van der Waals surface area (Å²) in [6, 6.07) is 0. The predicted molar refractivity (Wildman–Crippen MR) is 68.1 cm³/mol. The van der Waals surface area contributed by atoms with Crippen molar-refractivity contribution in [3.8, 4) is 0 Å². The second-order valence-electron chi connectivity index (χ2n) is 5.15. The average Bonchev–Trinajstić information content (AvgIpc) is 2.65. The molecule has 1 aliphatic rings. The first-order chi connectivity index (χ1) is 7.91. The highest BCUT2D eigenvalue weighted by Gasteiger charge is 2.46. The van der Waals surface area contributed by atoms with Crippen molar-refractivity contribution < 1.29 is 9.21 Å². The monoisotopic (exact) mass is 230 g/mol. The SMILES string of the molecule is C=C[C@]1(C)C(=O)c2occ(C)c2C[C@H]1C(=C)C. The molecule has 2 nitrogen and oxygen atoms in total. The van der Waals surface area contributed by atoms with Gasteiger partial charge in [-0.2, -0.15) is 0 Å². The van der Waals surface area contributed by atoms with E-state index in [1.165, 1.54) is 0 Å². The number of ketones is 1. The van der Waals surface area contributed by atoms with Gasteiger partial charge in [-0.25, -0.2) is 0 Å². The molecule has 0 spiro atoms. The molecule has 17 heavy (non-hydrogen) atoms. The molecule has 0 saturated carbocycles. The van der Waals surface area contributed by atoms with Crippen LogP contribution in [0.3, 0.4) is 0 Å². The van der Waals surface area contributed by atoms with Gasteiger partial charge in [0.2, 0.25) is 5.78 Å². The fraction of sp³-hybridized carbons (Fsp3) is 0.400. The minimum absolute atomic E-state index is 0.0230. The van der Waals surface area contributed by atoms with Gasteiger partial charge in [0.15, 0.2) is 5.76 Å². The molecule has 2 atom stereocenters. The zero-order valence-electron chi connectivity index (χ0n) is 10.7. The van der Waals surface area contributed by atoms with Crippen LogP contribution >= 0.6 is 0 Å². The molecule has 0 N–H and O–H groups in total. The second-order valence-corrected chi connectivity index (χ2v) is 5.15. The van der Waals surface area contributed by atoms with Gasteiger partial charge in [-0.1, -0.05) is 18.2 Å². The Hall–Kier alpha value is -1.57. The first kappa shape index (κ1) is 11.9. The fourth-order valence-electron chi connectivity index (χ4n) is 2.65. The first-order valence-electron chi connectivity index (χ1n) is 5.82. The second kappa shape index (κ2) is 3.73. The Kier molecular flexibility index (Phi) is 2.61. The molecule has 90 valence electrons. The van der Waals surface area contributed by atoms with E-state index < -0.39 is 5.41 Å². The smallest absolute Gasteiger partial charge is 0.208 e. The molecule has 0 bridgehead atoms. The van der Waals surface area contributed by atoms with Crippen molar-refractivity contribution >= 4 is 5.78 Å². The molecule has 1 aromatic rings. The van der Waals surface area contributed by atoms with E-state index in [1.807, 2.05) is 20.8 Å². The molecule has 1 heterocycles. The van der Waals surface area contributed by atoms with E-state index in [1.54, 1.807) is 12.3 Å². The third kappa shape index (κ3) is 1.51. The Morgan fingerprint density at radius 1 is 1.65 bits per heavy atom. The number of aryl methyl sites for hydroxylation is 1. The maximum absolute atomic E-state index is 12.5. The minimum atomic E-state index is -0.594. The lowest BCUT2D eigenvalue weighted by atomic mass is 9.64. The quantitative estimate of drug-likeness (QED) is 0.725. The Labute approximate surface area is 102 Å². The van der Waals surface area contributed by atoms with Gasteiger partial charge in [0.1, 0.15) is 0 Å². The van der Waals surface area contributed by atoms with Gasteiger partial charge in [-0.3, -0.25) is 4.79 Å². The summed E-state index contributed by atoms with van der Waals surface area (Å²) in [4.78, 5) is 12.5. The number of carbonyl (C=O) groups excluding carboxylic acids is 1. The lowest BCUT2D eigenvalue weighted by molar-refractivity contribution is 0.0760. The number of rotatable bonds is 2. The van der Waals surface area contributed by atoms with Crippen LogP contribution in [0.4, 0.5) is 0 Å². The normalized spacial score (nSPS) is 27.7. The molecule has 2 heteroatoms. The van der Waals surface area contributed by atoms with Crippen molar-refractivity contribution in [2.75, 3.05) is 0 Å². The van der Waals surface area contributed by atoms with Gasteiger partial charge in [0.25, 0.3) is 0 Å². The first-order valence-corrected chi connectivity index (χ1v) is 5.82. The molecule has 0 unspecified atom stereocenters. The molecule has 1 aliphatic carbocycles. The van der Waals surface area contributed by atoms with Crippen molar-refractivity contribution in [1.82, 2.24) is 0 Å². The molecule has 0 aliphatic heterocycles. The molecule has 0 aromatic carbocycles. The topological polar surface area (TPSA) is 30.2 Å². The molecule has 0 amide bonds. The Balaban J connectivity index is 2.61. The maximum atomic E-state index is 12.5. The van der Waals surface area contributed by atoms with Gasteiger partial charge < -0.3 is 4.42 Å². The summed E-state index contributed by atoms with van der Waals surface area (Å²) in [6.45, 7) is 13.7. The van der Waals surface area contributed by atoms with Crippen LogP contribution in [0.5, 0.6) is 0 Å². The number of fused-ring (bicyclic) bond motifs is 1. The van der Waals surface area contributed by atoms with E-state index >= 15 is 0 Å². The van der Waals surface area contributed by atoms with Crippen LogP contribution in [-0.2, 0) is 6.42 Å². The number of furan rings is 1. The van der Waals surface area contributed by atoms with Crippen LogP contribution < -0.4 is 0 Å². The van der Waals surface area contributed by atoms with Gasteiger partial charge in [0.05, 0.1) is 11.7 Å².